The van der Waals surface area contributed by atoms with Gasteiger partial charge in [0.05, 0.1) is 0 Å². The minimum absolute atomic E-state index is 1.16. The van der Waals surface area contributed by atoms with E-state index in [1.54, 1.807) is 0 Å². The molecule has 1 aliphatic rings. The van der Waals surface area contributed by atoms with Crippen LogP contribution in [0.15, 0.2) is 152 Å². The number of nitrogens with zero attached hydrogens (tertiary/aromatic N) is 1. The summed E-state index contributed by atoms with van der Waals surface area (Å²) < 4.78 is 0. The molecule has 9 rings (SSSR count). The maximum Gasteiger partial charge on any atom is 0.0353 e. The molecule has 8 aromatic rings. The van der Waals surface area contributed by atoms with E-state index in [0.29, 0.717) is 0 Å². The molecule has 42 heavy (non-hydrogen) atoms. The van der Waals surface area contributed by atoms with Crippen LogP contribution in [0.5, 0.6) is 0 Å². The molecule has 1 aliphatic carbocycles. The molecular weight excluding hydrogens is 506 g/mol. The van der Waals surface area contributed by atoms with Gasteiger partial charge < -0.3 is 0 Å². The average molecular weight is 532 g/mol. The van der Waals surface area contributed by atoms with Gasteiger partial charge >= 0.3 is 0 Å². The number of hydrogen-bond donors (Lipinski definition) is 0. The molecule has 0 saturated heterocycles. The molecule has 1 heteroatoms. The molecule has 1 nitrogen and oxygen atoms in total. The molecular formula is C41H25N. The van der Waals surface area contributed by atoms with E-state index < -0.39 is 0 Å². The number of benzene rings is 7. The Hall–Kier alpha value is -5.53. The predicted molar refractivity (Wildman–Crippen MR) is 177 cm³/mol. The number of pyridine rings is 1. The van der Waals surface area contributed by atoms with Crippen molar-refractivity contribution in [1.29, 1.82) is 0 Å². The molecule has 7 aromatic carbocycles. The van der Waals surface area contributed by atoms with E-state index in [0.717, 1.165) is 5.39 Å². The first-order valence-corrected chi connectivity index (χ1v) is 14.5. The quantitative estimate of drug-likeness (QED) is 0.221. The lowest BCUT2D eigenvalue weighted by atomic mass is 9.82. The van der Waals surface area contributed by atoms with Crippen molar-refractivity contribution in [1.82, 2.24) is 4.98 Å². The maximum atomic E-state index is 4.64. The number of fused-ring (bicyclic) bond motifs is 5. The highest BCUT2D eigenvalue weighted by atomic mass is 14.6. The summed E-state index contributed by atoms with van der Waals surface area (Å²) in [5.41, 5.74) is 12.7. The second-order valence-corrected chi connectivity index (χ2v) is 11.1. The fourth-order valence-electron chi connectivity index (χ4n) is 7.18. The second-order valence-electron chi connectivity index (χ2n) is 11.1. The van der Waals surface area contributed by atoms with E-state index >= 15 is 0 Å². The van der Waals surface area contributed by atoms with Crippen LogP contribution in [0.3, 0.4) is 0 Å². The van der Waals surface area contributed by atoms with E-state index in [1.807, 2.05) is 12.4 Å². The van der Waals surface area contributed by atoms with Crippen LogP contribution >= 0.6 is 0 Å². The van der Waals surface area contributed by atoms with Crippen molar-refractivity contribution >= 4 is 32.3 Å². The maximum absolute atomic E-state index is 4.64. The smallest absolute Gasteiger partial charge is 0.0353 e. The zero-order valence-electron chi connectivity index (χ0n) is 22.9. The van der Waals surface area contributed by atoms with Gasteiger partial charge in [0.15, 0.2) is 0 Å². The SMILES string of the molecule is c1ccc(-c2c3c(c(-c4ccccc4)c4ccccc24)-c2ccc(-c4cncc5ccccc45)c4cccc-3c24)cc1. The van der Waals surface area contributed by atoms with Crippen LogP contribution in [0.25, 0.3) is 88.0 Å². The molecule has 0 spiro atoms. The summed E-state index contributed by atoms with van der Waals surface area (Å²) in [6.45, 7) is 0. The van der Waals surface area contributed by atoms with Gasteiger partial charge in [-0.25, -0.2) is 0 Å². The lowest BCUT2D eigenvalue weighted by Gasteiger charge is -2.20. The standard InChI is InChI=1S/C41H25N/c1-3-12-26(13-4-1)37-32-18-9-10-19-33(32)38(27-14-5-2-6-15-27)41-35-23-22-30(31-20-11-21-34(39(31)35)40(37)41)36-25-42-24-28-16-7-8-17-29(28)36/h1-25H. The first-order valence-electron chi connectivity index (χ1n) is 14.5. The van der Waals surface area contributed by atoms with Crippen LogP contribution in [0.1, 0.15) is 0 Å². The lowest BCUT2D eigenvalue weighted by molar-refractivity contribution is 1.36. The van der Waals surface area contributed by atoms with Gasteiger partial charge in [0, 0.05) is 23.3 Å². The summed E-state index contributed by atoms with van der Waals surface area (Å²) in [5, 5.41) is 7.54. The van der Waals surface area contributed by atoms with Crippen molar-refractivity contribution in [3.05, 3.63) is 152 Å². The highest BCUT2D eigenvalue weighted by molar-refractivity contribution is 6.29. The lowest BCUT2D eigenvalue weighted by Crippen LogP contribution is -1.93. The minimum Gasteiger partial charge on any atom is -0.263 e. The number of hydrogen-bond acceptors (Lipinski definition) is 1. The Kier molecular flexibility index (Phi) is 4.97. The molecule has 1 heterocycles. The van der Waals surface area contributed by atoms with Gasteiger partial charge in [-0.15, -0.1) is 0 Å². The van der Waals surface area contributed by atoms with Crippen molar-refractivity contribution in [3.63, 3.8) is 0 Å². The fourth-order valence-corrected chi connectivity index (χ4v) is 7.18. The van der Waals surface area contributed by atoms with Crippen LogP contribution in [0.4, 0.5) is 0 Å². The van der Waals surface area contributed by atoms with E-state index in [1.165, 1.54) is 82.6 Å². The Morgan fingerprint density at radius 3 is 1.50 bits per heavy atom. The molecule has 194 valence electrons. The third-order valence-electron chi connectivity index (χ3n) is 8.88. The van der Waals surface area contributed by atoms with Crippen LogP contribution in [-0.4, -0.2) is 4.98 Å². The number of rotatable bonds is 3. The molecule has 0 unspecified atom stereocenters. The largest absolute Gasteiger partial charge is 0.263 e. The molecule has 0 saturated carbocycles. The summed E-state index contributed by atoms with van der Waals surface area (Å²) in [4.78, 5) is 4.64. The normalized spacial score (nSPS) is 11.8. The van der Waals surface area contributed by atoms with Gasteiger partial charge in [0.1, 0.15) is 0 Å². The fraction of sp³-hybridized carbons (Fsp3) is 0. The van der Waals surface area contributed by atoms with Gasteiger partial charge in [-0.1, -0.05) is 140 Å². The summed E-state index contributed by atoms with van der Waals surface area (Å²) >= 11 is 0. The third kappa shape index (κ3) is 3.22. The van der Waals surface area contributed by atoms with Crippen molar-refractivity contribution in [3.8, 4) is 55.6 Å². The Balaban J connectivity index is 1.46. The summed E-state index contributed by atoms with van der Waals surface area (Å²) in [7, 11) is 0. The molecule has 0 aliphatic heterocycles. The highest BCUT2D eigenvalue weighted by Gasteiger charge is 2.31. The van der Waals surface area contributed by atoms with Crippen LogP contribution in [0, 0.1) is 0 Å². The average Bonchev–Trinajstić information content (AvgIpc) is 3.39. The molecule has 0 amide bonds. The van der Waals surface area contributed by atoms with E-state index in [2.05, 4.69) is 145 Å². The highest BCUT2D eigenvalue weighted by Crippen LogP contribution is 2.58. The first kappa shape index (κ1) is 23.2. The van der Waals surface area contributed by atoms with Crippen LogP contribution in [0.2, 0.25) is 0 Å². The Morgan fingerprint density at radius 1 is 0.310 bits per heavy atom. The molecule has 0 fully saturated rings. The zero-order chi connectivity index (χ0) is 27.6. The summed E-state index contributed by atoms with van der Waals surface area (Å²) in [5.74, 6) is 0. The molecule has 0 radical (unpaired) electrons. The van der Waals surface area contributed by atoms with Crippen molar-refractivity contribution < 1.29 is 0 Å². The predicted octanol–water partition coefficient (Wildman–Crippen LogP) is 11.2. The molecule has 1 aromatic heterocycles. The summed E-state index contributed by atoms with van der Waals surface area (Å²) in [6, 6.07) is 50.8. The molecule has 0 bridgehead atoms. The third-order valence-corrected chi connectivity index (χ3v) is 8.88. The molecule has 0 atom stereocenters. The van der Waals surface area contributed by atoms with Gasteiger partial charge in [0.2, 0.25) is 0 Å². The van der Waals surface area contributed by atoms with Gasteiger partial charge in [-0.2, -0.15) is 0 Å². The van der Waals surface area contributed by atoms with Crippen molar-refractivity contribution in [2.45, 2.75) is 0 Å². The van der Waals surface area contributed by atoms with E-state index in [9.17, 15) is 0 Å². The van der Waals surface area contributed by atoms with Crippen LogP contribution in [-0.2, 0) is 0 Å². The Bertz CT molecular complexity index is 2240. The first-order chi connectivity index (χ1) is 20.9. The second kappa shape index (κ2) is 8.99. The Labute approximate surface area is 244 Å². The van der Waals surface area contributed by atoms with Gasteiger partial charge in [-0.3, -0.25) is 4.98 Å². The minimum atomic E-state index is 1.16. The monoisotopic (exact) mass is 531 g/mol. The number of aromatic nitrogens is 1. The Morgan fingerprint density at radius 2 is 0.833 bits per heavy atom. The van der Waals surface area contributed by atoms with Gasteiger partial charge in [-0.05, 0) is 77.0 Å². The molecule has 0 N–H and O–H groups in total. The van der Waals surface area contributed by atoms with Crippen LogP contribution < -0.4 is 0 Å². The summed E-state index contributed by atoms with van der Waals surface area (Å²) in [6.07, 6.45) is 3.98. The van der Waals surface area contributed by atoms with E-state index in [4.69, 9.17) is 0 Å². The van der Waals surface area contributed by atoms with Crippen molar-refractivity contribution in [2.24, 2.45) is 0 Å². The zero-order valence-corrected chi connectivity index (χ0v) is 22.9. The van der Waals surface area contributed by atoms with Crippen molar-refractivity contribution in [2.75, 3.05) is 0 Å². The topological polar surface area (TPSA) is 12.9 Å². The van der Waals surface area contributed by atoms with Gasteiger partial charge in [0.25, 0.3) is 0 Å². The van der Waals surface area contributed by atoms with E-state index in [-0.39, 0.29) is 0 Å².